The van der Waals surface area contributed by atoms with E-state index in [-0.39, 0.29) is 5.54 Å². The van der Waals surface area contributed by atoms with Gasteiger partial charge in [-0.25, -0.2) is 0 Å². The van der Waals surface area contributed by atoms with Crippen LogP contribution in [0.2, 0.25) is 0 Å². The van der Waals surface area contributed by atoms with E-state index in [4.69, 9.17) is 0 Å². The van der Waals surface area contributed by atoms with Gasteiger partial charge < -0.3 is 4.90 Å². The Labute approximate surface area is 132 Å². The topological polar surface area (TPSA) is 32.3 Å². The van der Waals surface area contributed by atoms with Crippen molar-refractivity contribution in [1.29, 1.82) is 0 Å². The Hall–Kier alpha value is -0.220. The normalized spacial score (nSPS) is 39.4. The smallest absolute Gasteiger partial charge is 0.244 e. The highest BCUT2D eigenvalue weighted by Gasteiger charge is 2.62. The summed E-state index contributed by atoms with van der Waals surface area (Å²) in [4.78, 5) is 15.4. The lowest BCUT2D eigenvalue weighted by atomic mass is 9.91. The minimum Gasteiger partial charge on any atom is -0.321 e. The molecule has 1 aliphatic heterocycles. The highest BCUT2D eigenvalue weighted by molar-refractivity contribution is 7.99. The maximum atomic E-state index is 13.1. The molecule has 118 valence electrons. The summed E-state index contributed by atoms with van der Waals surface area (Å²) in [6.45, 7) is 0. The lowest BCUT2D eigenvalue weighted by molar-refractivity contribution is -0.134. The molecule has 3 aliphatic carbocycles. The average molecular weight is 308 g/mol. The fraction of sp³-hybridized carbons (Fsp3) is 0.941. The van der Waals surface area contributed by atoms with Crippen LogP contribution in [0.25, 0.3) is 0 Å². The van der Waals surface area contributed by atoms with Crippen LogP contribution in [-0.2, 0) is 4.79 Å². The summed E-state index contributed by atoms with van der Waals surface area (Å²) in [6, 6.07) is 0.485. The summed E-state index contributed by atoms with van der Waals surface area (Å²) in [5, 5.41) is 4.45. The Balaban J connectivity index is 1.60. The summed E-state index contributed by atoms with van der Waals surface area (Å²) in [6.07, 6.45) is 15.2. The van der Waals surface area contributed by atoms with Crippen LogP contribution in [0.15, 0.2) is 0 Å². The standard InChI is InChI=1S/C17H28N2OS/c1-21-14-9-5-4-8-13(14)19-15(12-6-2-3-7-12)18-17(10-11-17)16(19)20/h12-15,18H,2-11H2,1H3. The van der Waals surface area contributed by atoms with Crippen molar-refractivity contribution in [3.63, 3.8) is 0 Å². The molecule has 0 aromatic carbocycles. The van der Waals surface area contributed by atoms with Crippen molar-refractivity contribution in [2.24, 2.45) is 5.92 Å². The van der Waals surface area contributed by atoms with Crippen molar-refractivity contribution in [2.75, 3.05) is 6.26 Å². The van der Waals surface area contributed by atoms with Crippen LogP contribution >= 0.6 is 11.8 Å². The van der Waals surface area contributed by atoms with Crippen molar-refractivity contribution in [1.82, 2.24) is 10.2 Å². The first-order valence-corrected chi connectivity index (χ1v) is 10.2. The molecule has 3 unspecified atom stereocenters. The number of thioether (sulfide) groups is 1. The van der Waals surface area contributed by atoms with Crippen molar-refractivity contribution in [2.45, 2.75) is 87.2 Å². The van der Waals surface area contributed by atoms with E-state index in [1.807, 2.05) is 11.8 Å². The largest absolute Gasteiger partial charge is 0.321 e. The number of carbonyl (C=O) groups is 1. The molecule has 4 aliphatic rings. The second-order valence-electron chi connectivity index (χ2n) is 7.55. The minimum atomic E-state index is -0.131. The van der Waals surface area contributed by atoms with Crippen molar-refractivity contribution in [3.8, 4) is 0 Å². The highest BCUT2D eigenvalue weighted by atomic mass is 32.2. The first-order valence-electron chi connectivity index (χ1n) is 8.88. The van der Waals surface area contributed by atoms with Gasteiger partial charge in [-0.2, -0.15) is 11.8 Å². The maximum Gasteiger partial charge on any atom is 0.244 e. The summed E-state index contributed by atoms with van der Waals surface area (Å²) in [5.74, 6) is 1.16. The fourth-order valence-corrected chi connectivity index (χ4v) is 5.90. The van der Waals surface area contributed by atoms with Gasteiger partial charge in [0.25, 0.3) is 0 Å². The van der Waals surface area contributed by atoms with Gasteiger partial charge in [0.15, 0.2) is 0 Å². The predicted octanol–water partition coefficient (Wildman–Crippen LogP) is 3.14. The van der Waals surface area contributed by atoms with E-state index in [2.05, 4.69) is 16.5 Å². The third-order valence-corrected chi connectivity index (χ3v) is 7.45. The number of hydrogen-bond acceptors (Lipinski definition) is 3. The first kappa shape index (κ1) is 14.4. The van der Waals surface area contributed by atoms with Gasteiger partial charge in [-0.3, -0.25) is 10.1 Å². The van der Waals surface area contributed by atoms with Crippen LogP contribution < -0.4 is 5.32 Å². The van der Waals surface area contributed by atoms with E-state index in [0.29, 0.717) is 29.3 Å². The van der Waals surface area contributed by atoms with Crippen LogP contribution in [0.3, 0.4) is 0 Å². The molecule has 1 saturated heterocycles. The van der Waals surface area contributed by atoms with Gasteiger partial charge in [0.1, 0.15) is 0 Å². The van der Waals surface area contributed by atoms with Crippen molar-refractivity contribution in [3.05, 3.63) is 0 Å². The van der Waals surface area contributed by atoms with E-state index in [1.165, 1.54) is 51.4 Å². The highest BCUT2D eigenvalue weighted by Crippen LogP contribution is 2.48. The first-order chi connectivity index (χ1) is 10.2. The molecule has 0 aromatic heterocycles. The fourth-order valence-electron chi connectivity index (χ4n) is 4.92. The molecule has 1 N–H and O–H groups in total. The Bertz CT molecular complexity index is 417. The van der Waals surface area contributed by atoms with Gasteiger partial charge >= 0.3 is 0 Å². The van der Waals surface area contributed by atoms with Crippen molar-refractivity contribution < 1.29 is 4.79 Å². The monoisotopic (exact) mass is 308 g/mol. The Kier molecular flexibility index (Phi) is 3.73. The third kappa shape index (κ3) is 2.33. The van der Waals surface area contributed by atoms with Gasteiger partial charge in [0.2, 0.25) is 5.91 Å². The molecule has 0 radical (unpaired) electrons. The van der Waals surface area contributed by atoms with E-state index >= 15 is 0 Å². The number of rotatable bonds is 3. The molecule has 3 saturated carbocycles. The molecular formula is C17H28N2OS. The Morgan fingerprint density at radius 1 is 1.10 bits per heavy atom. The Morgan fingerprint density at radius 3 is 2.43 bits per heavy atom. The molecule has 1 spiro atoms. The molecule has 3 nitrogen and oxygen atoms in total. The zero-order valence-corrected chi connectivity index (χ0v) is 14.0. The van der Waals surface area contributed by atoms with Crippen LogP contribution in [0.1, 0.15) is 64.2 Å². The molecule has 0 bridgehead atoms. The quantitative estimate of drug-likeness (QED) is 0.869. The van der Waals surface area contributed by atoms with E-state index in [0.717, 1.165) is 12.8 Å². The molecule has 0 aromatic rings. The minimum absolute atomic E-state index is 0.131. The van der Waals surface area contributed by atoms with Gasteiger partial charge in [-0.1, -0.05) is 25.7 Å². The Morgan fingerprint density at radius 2 is 1.76 bits per heavy atom. The number of nitrogens with zero attached hydrogens (tertiary/aromatic N) is 1. The van der Waals surface area contributed by atoms with Gasteiger partial charge in [-0.05, 0) is 50.7 Å². The summed E-state index contributed by atoms with van der Waals surface area (Å²) in [5.41, 5.74) is -0.131. The van der Waals surface area contributed by atoms with E-state index in [1.54, 1.807) is 0 Å². The second-order valence-corrected chi connectivity index (χ2v) is 8.63. The maximum absolute atomic E-state index is 13.1. The van der Waals surface area contributed by atoms with Crippen LogP contribution in [0, 0.1) is 5.92 Å². The lowest BCUT2D eigenvalue weighted by Crippen LogP contribution is -2.52. The molecule has 4 rings (SSSR count). The second kappa shape index (κ2) is 5.45. The number of carbonyl (C=O) groups excluding carboxylic acids is 1. The predicted molar refractivity (Wildman–Crippen MR) is 87.3 cm³/mol. The number of hydrogen-bond donors (Lipinski definition) is 1. The summed E-state index contributed by atoms with van der Waals surface area (Å²) < 4.78 is 0. The average Bonchev–Trinajstić information content (AvgIpc) is 2.98. The molecule has 3 atom stereocenters. The molecule has 21 heavy (non-hydrogen) atoms. The van der Waals surface area contributed by atoms with Crippen LogP contribution in [-0.4, -0.2) is 40.1 Å². The SMILES string of the molecule is CSC1CCCCC1N1C(=O)C2(CC2)NC1C1CCCC1. The van der Waals surface area contributed by atoms with Crippen LogP contribution in [0.4, 0.5) is 0 Å². The zero-order chi connectivity index (χ0) is 14.4. The van der Waals surface area contributed by atoms with E-state index < -0.39 is 0 Å². The van der Waals surface area contributed by atoms with Crippen LogP contribution in [0.5, 0.6) is 0 Å². The third-order valence-electron chi connectivity index (χ3n) is 6.29. The van der Waals surface area contributed by atoms with Gasteiger partial charge in [0, 0.05) is 11.3 Å². The number of nitrogens with one attached hydrogen (secondary N) is 1. The van der Waals surface area contributed by atoms with Crippen molar-refractivity contribution >= 4 is 17.7 Å². The molecular weight excluding hydrogens is 280 g/mol. The lowest BCUT2D eigenvalue weighted by Gasteiger charge is -2.41. The van der Waals surface area contributed by atoms with Gasteiger partial charge in [-0.15, -0.1) is 0 Å². The van der Waals surface area contributed by atoms with Gasteiger partial charge in [0.05, 0.1) is 11.7 Å². The molecule has 4 heteroatoms. The summed E-state index contributed by atoms with van der Waals surface area (Å²) >= 11 is 1.99. The molecule has 1 amide bonds. The zero-order valence-electron chi connectivity index (χ0n) is 13.1. The number of amides is 1. The molecule has 1 heterocycles. The van der Waals surface area contributed by atoms with E-state index in [9.17, 15) is 4.79 Å². The molecule has 4 fully saturated rings. The summed E-state index contributed by atoms with van der Waals surface area (Å²) in [7, 11) is 0.